The number of aliphatic carboxylic acids is 1. The Balaban J connectivity index is 2.06. The van der Waals surface area contributed by atoms with Gasteiger partial charge in [-0.1, -0.05) is 6.92 Å². The van der Waals surface area contributed by atoms with Crippen molar-refractivity contribution < 1.29 is 18.3 Å². The van der Waals surface area contributed by atoms with Crippen molar-refractivity contribution in [1.82, 2.24) is 8.61 Å². The van der Waals surface area contributed by atoms with Crippen molar-refractivity contribution in [3.8, 4) is 0 Å². The van der Waals surface area contributed by atoms with Crippen LogP contribution in [-0.2, 0) is 15.0 Å². The van der Waals surface area contributed by atoms with E-state index >= 15 is 0 Å². The Morgan fingerprint density at radius 2 is 1.84 bits per heavy atom. The first kappa shape index (κ1) is 14.7. The number of hydrogen-bond acceptors (Lipinski definition) is 3. The molecule has 1 saturated carbocycles. The molecule has 0 aromatic heterocycles. The molecule has 2 rings (SSSR count). The molecule has 1 aliphatic carbocycles. The molecule has 0 bridgehead atoms. The van der Waals surface area contributed by atoms with Crippen molar-refractivity contribution in [3.63, 3.8) is 0 Å². The van der Waals surface area contributed by atoms with Gasteiger partial charge in [0.2, 0.25) is 0 Å². The topological polar surface area (TPSA) is 77.9 Å². The van der Waals surface area contributed by atoms with Crippen LogP contribution in [0.2, 0.25) is 0 Å². The fourth-order valence-corrected chi connectivity index (χ4v) is 4.03. The van der Waals surface area contributed by atoms with Crippen LogP contribution in [0.25, 0.3) is 0 Å². The van der Waals surface area contributed by atoms with Gasteiger partial charge in [-0.05, 0) is 37.5 Å². The van der Waals surface area contributed by atoms with Crippen LogP contribution in [0.3, 0.4) is 0 Å². The number of nitrogens with zero attached hydrogens (tertiary/aromatic N) is 2. The molecule has 110 valence electrons. The zero-order chi connectivity index (χ0) is 14.0. The zero-order valence-electron chi connectivity index (χ0n) is 11.3. The summed E-state index contributed by atoms with van der Waals surface area (Å²) in [7, 11) is -3.61. The maximum absolute atomic E-state index is 12.5. The lowest BCUT2D eigenvalue weighted by molar-refractivity contribution is -0.137. The molecule has 6 nitrogen and oxygen atoms in total. The number of hydrogen-bond donors (Lipinski definition) is 1. The summed E-state index contributed by atoms with van der Waals surface area (Å²) in [5, 5.41) is 8.90. The van der Waals surface area contributed by atoms with Gasteiger partial charge in [0, 0.05) is 19.6 Å². The van der Waals surface area contributed by atoms with Gasteiger partial charge in [0.25, 0.3) is 10.2 Å². The second-order valence-electron chi connectivity index (χ2n) is 5.72. The van der Waals surface area contributed by atoms with Crippen LogP contribution in [-0.4, -0.2) is 54.3 Å². The van der Waals surface area contributed by atoms with E-state index in [1.54, 1.807) is 0 Å². The van der Waals surface area contributed by atoms with Crippen molar-refractivity contribution >= 4 is 16.2 Å². The Morgan fingerprint density at radius 3 is 2.32 bits per heavy atom. The van der Waals surface area contributed by atoms with Crippen LogP contribution in [0, 0.1) is 11.8 Å². The Kier molecular flexibility index (Phi) is 4.47. The maximum atomic E-state index is 12.5. The lowest BCUT2D eigenvalue weighted by Crippen LogP contribution is -2.49. The number of piperidine rings is 1. The summed E-state index contributed by atoms with van der Waals surface area (Å²) in [6.45, 7) is 3.04. The van der Waals surface area contributed by atoms with Gasteiger partial charge < -0.3 is 5.11 Å². The first-order valence-electron chi connectivity index (χ1n) is 6.86. The molecule has 2 fully saturated rings. The third-order valence-corrected chi connectivity index (χ3v) is 5.81. The number of carbonyl (C=O) groups is 1. The molecular formula is C12H22N2O4S. The van der Waals surface area contributed by atoms with Crippen molar-refractivity contribution in [2.24, 2.45) is 11.8 Å². The van der Waals surface area contributed by atoms with Gasteiger partial charge in [-0.2, -0.15) is 17.0 Å². The summed E-state index contributed by atoms with van der Waals surface area (Å²) in [6, 6.07) is 0. The van der Waals surface area contributed by atoms with E-state index in [2.05, 4.69) is 6.92 Å². The standard InChI is InChI=1S/C12H22N2O4S/c1-10-4-6-13(7-5-10)19(17,18)14(9-12(15)16)8-11-2-3-11/h10-11H,2-9H2,1H3,(H,15,16). The normalized spacial score (nSPS) is 22.8. The van der Waals surface area contributed by atoms with Crippen LogP contribution in [0.15, 0.2) is 0 Å². The van der Waals surface area contributed by atoms with E-state index in [1.807, 2.05) is 0 Å². The van der Waals surface area contributed by atoms with E-state index in [9.17, 15) is 13.2 Å². The molecule has 1 heterocycles. The monoisotopic (exact) mass is 290 g/mol. The molecule has 1 N–H and O–H groups in total. The molecular weight excluding hydrogens is 268 g/mol. The van der Waals surface area contributed by atoms with Crippen molar-refractivity contribution in [2.75, 3.05) is 26.2 Å². The molecule has 1 aliphatic heterocycles. The summed E-state index contributed by atoms with van der Waals surface area (Å²) in [4.78, 5) is 10.9. The SMILES string of the molecule is CC1CCN(S(=O)(=O)N(CC(=O)O)CC2CC2)CC1. The summed E-state index contributed by atoms with van der Waals surface area (Å²) < 4.78 is 27.5. The molecule has 0 aromatic rings. The minimum atomic E-state index is -3.61. The lowest BCUT2D eigenvalue weighted by atomic mass is 10.0. The number of carboxylic acids is 1. The molecule has 2 aliphatic rings. The number of rotatable bonds is 6. The Labute approximate surface area is 114 Å². The molecule has 0 aromatic carbocycles. The van der Waals surface area contributed by atoms with E-state index in [0.717, 1.165) is 30.0 Å². The quantitative estimate of drug-likeness (QED) is 0.783. The van der Waals surface area contributed by atoms with E-state index in [4.69, 9.17) is 5.11 Å². The van der Waals surface area contributed by atoms with Crippen LogP contribution in [0.5, 0.6) is 0 Å². The minimum Gasteiger partial charge on any atom is -0.480 e. The highest BCUT2D eigenvalue weighted by molar-refractivity contribution is 7.86. The van der Waals surface area contributed by atoms with E-state index in [-0.39, 0.29) is 0 Å². The predicted molar refractivity (Wildman–Crippen MR) is 70.8 cm³/mol. The van der Waals surface area contributed by atoms with Gasteiger partial charge >= 0.3 is 5.97 Å². The highest BCUT2D eigenvalue weighted by Gasteiger charge is 2.36. The Bertz CT molecular complexity index is 425. The van der Waals surface area contributed by atoms with E-state index in [0.29, 0.717) is 31.5 Å². The van der Waals surface area contributed by atoms with Crippen LogP contribution < -0.4 is 0 Å². The highest BCUT2D eigenvalue weighted by Crippen LogP contribution is 2.31. The van der Waals surface area contributed by atoms with Gasteiger partial charge in [-0.15, -0.1) is 0 Å². The number of carboxylic acid groups (broad SMARTS) is 1. The van der Waals surface area contributed by atoms with Crippen molar-refractivity contribution in [3.05, 3.63) is 0 Å². The van der Waals surface area contributed by atoms with Crippen LogP contribution in [0.1, 0.15) is 32.6 Å². The van der Waals surface area contributed by atoms with Crippen molar-refractivity contribution in [2.45, 2.75) is 32.6 Å². The fourth-order valence-electron chi connectivity index (χ4n) is 2.36. The second-order valence-corrected chi connectivity index (χ2v) is 7.65. The molecule has 19 heavy (non-hydrogen) atoms. The molecule has 0 radical (unpaired) electrons. The fraction of sp³-hybridized carbons (Fsp3) is 0.917. The summed E-state index contributed by atoms with van der Waals surface area (Å²) in [6.07, 6.45) is 3.71. The van der Waals surface area contributed by atoms with Crippen LogP contribution >= 0.6 is 0 Å². The van der Waals surface area contributed by atoms with Gasteiger partial charge in [-0.3, -0.25) is 4.79 Å². The lowest BCUT2D eigenvalue weighted by Gasteiger charge is -2.33. The van der Waals surface area contributed by atoms with Crippen LogP contribution in [0.4, 0.5) is 0 Å². The largest absolute Gasteiger partial charge is 0.480 e. The first-order valence-corrected chi connectivity index (χ1v) is 8.26. The maximum Gasteiger partial charge on any atom is 0.318 e. The minimum absolute atomic E-state index is 0.345. The predicted octanol–water partition coefficient (Wildman–Crippen LogP) is 0.760. The van der Waals surface area contributed by atoms with Gasteiger partial charge in [0.05, 0.1) is 0 Å². The average molecular weight is 290 g/mol. The summed E-state index contributed by atoms with van der Waals surface area (Å²) in [5.41, 5.74) is 0. The van der Waals surface area contributed by atoms with Gasteiger partial charge in [0.15, 0.2) is 0 Å². The Hall–Kier alpha value is -0.660. The molecule has 0 amide bonds. The summed E-state index contributed by atoms with van der Waals surface area (Å²) >= 11 is 0. The van der Waals surface area contributed by atoms with Crippen molar-refractivity contribution in [1.29, 1.82) is 0 Å². The molecule has 7 heteroatoms. The highest BCUT2D eigenvalue weighted by atomic mass is 32.2. The first-order chi connectivity index (χ1) is 8.89. The zero-order valence-corrected chi connectivity index (χ0v) is 12.1. The second kappa shape index (κ2) is 5.76. The molecule has 1 saturated heterocycles. The average Bonchev–Trinajstić information content (AvgIpc) is 3.12. The third kappa shape index (κ3) is 3.90. The van der Waals surface area contributed by atoms with Gasteiger partial charge in [0.1, 0.15) is 6.54 Å². The Morgan fingerprint density at radius 1 is 1.26 bits per heavy atom. The van der Waals surface area contributed by atoms with E-state index < -0.39 is 22.7 Å². The molecule has 0 atom stereocenters. The molecule has 0 spiro atoms. The van der Waals surface area contributed by atoms with E-state index in [1.165, 1.54) is 4.31 Å². The smallest absolute Gasteiger partial charge is 0.318 e. The third-order valence-electron chi connectivity index (χ3n) is 3.87. The summed E-state index contributed by atoms with van der Waals surface area (Å²) in [5.74, 6) is -0.199. The van der Waals surface area contributed by atoms with Gasteiger partial charge in [-0.25, -0.2) is 0 Å². The molecule has 0 unspecified atom stereocenters.